The van der Waals surface area contributed by atoms with Gasteiger partial charge in [-0.1, -0.05) is 26.8 Å². The summed E-state index contributed by atoms with van der Waals surface area (Å²) in [7, 11) is -1.84. The van der Waals surface area contributed by atoms with Crippen LogP contribution in [-0.2, 0) is 4.43 Å². The molecule has 0 aromatic heterocycles. The Hall–Kier alpha value is -0.913. The molecule has 1 aromatic carbocycles. The number of anilines is 1. The molecular weight excluding hydrogens is 307 g/mol. The van der Waals surface area contributed by atoms with Gasteiger partial charge in [0.25, 0.3) is 0 Å². The summed E-state index contributed by atoms with van der Waals surface area (Å²) in [6, 6.07) is 5.41. The minimum Gasteiger partial charge on any atom is -0.410 e. The van der Waals surface area contributed by atoms with Crippen molar-refractivity contribution in [2.24, 2.45) is 0 Å². The topological polar surface area (TPSA) is 24.5 Å². The quantitative estimate of drug-likeness (QED) is 0.828. The van der Waals surface area contributed by atoms with E-state index in [-0.39, 0.29) is 17.0 Å². The Labute approximate surface area is 141 Å². The number of hydrogen-bond acceptors (Lipinski definition) is 3. The standard InChI is InChI=1S/C18H31FN2OSi/c1-14(22-23(5,6)18(2,3)4)15-7-8-16(19)17(13-15)21-11-9-20-10-12-21/h7-8,13-14,20H,9-12H2,1-6H3/t14-/m1/s1. The molecule has 1 aromatic rings. The highest BCUT2D eigenvalue weighted by Gasteiger charge is 2.38. The van der Waals surface area contributed by atoms with E-state index in [9.17, 15) is 4.39 Å². The van der Waals surface area contributed by atoms with Crippen molar-refractivity contribution < 1.29 is 8.82 Å². The number of nitrogens with one attached hydrogen (secondary N) is 1. The van der Waals surface area contributed by atoms with E-state index in [0.29, 0.717) is 5.69 Å². The third-order valence-electron chi connectivity index (χ3n) is 5.17. The summed E-state index contributed by atoms with van der Waals surface area (Å²) in [6.07, 6.45) is -0.0156. The molecule has 0 amide bonds. The molecule has 1 aliphatic rings. The van der Waals surface area contributed by atoms with E-state index in [1.165, 1.54) is 0 Å². The van der Waals surface area contributed by atoms with Crippen LogP contribution < -0.4 is 10.2 Å². The van der Waals surface area contributed by atoms with Gasteiger partial charge in [0.15, 0.2) is 8.32 Å². The molecule has 3 nitrogen and oxygen atoms in total. The van der Waals surface area contributed by atoms with Gasteiger partial charge in [-0.3, -0.25) is 0 Å². The predicted molar refractivity (Wildman–Crippen MR) is 98.2 cm³/mol. The highest BCUT2D eigenvalue weighted by molar-refractivity contribution is 6.74. The van der Waals surface area contributed by atoms with Crippen LogP contribution in [0.2, 0.25) is 18.1 Å². The Bertz CT molecular complexity index is 536. The van der Waals surface area contributed by atoms with Crippen molar-refractivity contribution in [2.45, 2.75) is 51.9 Å². The molecule has 1 saturated heterocycles. The fourth-order valence-corrected chi connectivity index (χ4v) is 3.99. The number of nitrogens with zero attached hydrogens (tertiary/aromatic N) is 1. The summed E-state index contributed by atoms with van der Waals surface area (Å²) >= 11 is 0. The van der Waals surface area contributed by atoms with Crippen molar-refractivity contribution in [1.29, 1.82) is 0 Å². The average molecular weight is 339 g/mol. The van der Waals surface area contributed by atoms with Crippen LogP contribution in [0.3, 0.4) is 0 Å². The molecule has 2 rings (SSSR count). The van der Waals surface area contributed by atoms with Gasteiger partial charge in [-0.15, -0.1) is 0 Å². The molecule has 0 unspecified atom stereocenters. The van der Waals surface area contributed by atoms with Crippen molar-refractivity contribution in [3.05, 3.63) is 29.6 Å². The van der Waals surface area contributed by atoms with Gasteiger partial charge in [0.05, 0.1) is 11.8 Å². The van der Waals surface area contributed by atoms with E-state index in [1.54, 1.807) is 6.07 Å². The highest BCUT2D eigenvalue weighted by Crippen LogP contribution is 2.40. The Balaban J connectivity index is 2.19. The van der Waals surface area contributed by atoms with Gasteiger partial charge in [-0.25, -0.2) is 4.39 Å². The van der Waals surface area contributed by atoms with Gasteiger partial charge < -0.3 is 14.6 Å². The van der Waals surface area contributed by atoms with E-state index in [0.717, 1.165) is 31.7 Å². The summed E-state index contributed by atoms with van der Waals surface area (Å²) in [5.74, 6) is -0.143. The first-order chi connectivity index (χ1) is 10.6. The van der Waals surface area contributed by atoms with Crippen LogP contribution in [0.25, 0.3) is 0 Å². The zero-order valence-electron chi connectivity index (χ0n) is 15.4. The molecule has 1 fully saturated rings. The number of halogens is 1. The molecule has 0 bridgehead atoms. The molecule has 5 heteroatoms. The molecule has 130 valence electrons. The van der Waals surface area contributed by atoms with E-state index in [2.05, 4.69) is 51.0 Å². The van der Waals surface area contributed by atoms with Crippen LogP contribution in [-0.4, -0.2) is 34.5 Å². The predicted octanol–water partition coefficient (Wildman–Crippen LogP) is 4.32. The van der Waals surface area contributed by atoms with Crippen LogP contribution in [0.1, 0.15) is 39.4 Å². The normalized spacial score (nSPS) is 18.1. The van der Waals surface area contributed by atoms with Crippen molar-refractivity contribution in [3.63, 3.8) is 0 Å². The van der Waals surface area contributed by atoms with Gasteiger partial charge in [0.2, 0.25) is 0 Å². The molecule has 23 heavy (non-hydrogen) atoms. The van der Waals surface area contributed by atoms with E-state index in [1.807, 2.05) is 12.1 Å². The summed E-state index contributed by atoms with van der Waals surface area (Å²) in [5, 5.41) is 3.48. The van der Waals surface area contributed by atoms with Crippen LogP contribution >= 0.6 is 0 Å². The van der Waals surface area contributed by atoms with Crippen LogP contribution in [0, 0.1) is 5.82 Å². The number of hydrogen-bond donors (Lipinski definition) is 1. The lowest BCUT2D eigenvalue weighted by atomic mass is 10.1. The second kappa shape index (κ2) is 6.91. The fraction of sp³-hybridized carbons (Fsp3) is 0.667. The summed E-state index contributed by atoms with van der Waals surface area (Å²) < 4.78 is 20.7. The second-order valence-electron chi connectivity index (χ2n) is 7.97. The fourth-order valence-electron chi connectivity index (χ4n) is 2.62. The van der Waals surface area contributed by atoms with Crippen molar-refractivity contribution >= 4 is 14.0 Å². The Morgan fingerprint density at radius 1 is 1.22 bits per heavy atom. The third-order valence-corrected chi connectivity index (χ3v) is 9.73. The van der Waals surface area contributed by atoms with E-state index >= 15 is 0 Å². The van der Waals surface area contributed by atoms with Crippen molar-refractivity contribution in [1.82, 2.24) is 5.32 Å². The maximum absolute atomic E-state index is 14.3. The molecule has 1 atom stereocenters. The monoisotopic (exact) mass is 338 g/mol. The minimum atomic E-state index is -1.84. The van der Waals surface area contributed by atoms with Crippen molar-refractivity contribution in [3.8, 4) is 0 Å². The zero-order chi connectivity index (χ0) is 17.3. The SMILES string of the molecule is C[C@@H](O[Si](C)(C)C(C)(C)C)c1ccc(F)c(N2CCNCC2)c1. The summed E-state index contributed by atoms with van der Waals surface area (Å²) in [6.45, 7) is 16.8. The van der Waals surface area contributed by atoms with Gasteiger partial charge >= 0.3 is 0 Å². The first-order valence-electron chi connectivity index (χ1n) is 8.55. The number of benzene rings is 1. The summed E-state index contributed by atoms with van der Waals surface area (Å²) in [4.78, 5) is 2.12. The van der Waals surface area contributed by atoms with Gasteiger partial charge in [0.1, 0.15) is 5.82 Å². The van der Waals surface area contributed by atoms with E-state index in [4.69, 9.17) is 4.43 Å². The number of piperazine rings is 1. The van der Waals surface area contributed by atoms with Crippen LogP contribution in [0.4, 0.5) is 10.1 Å². The summed E-state index contributed by atoms with van der Waals surface area (Å²) in [5.41, 5.74) is 1.76. The second-order valence-corrected chi connectivity index (χ2v) is 12.7. The van der Waals surface area contributed by atoms with Gasteiger partial charge in [-0.05, 0) is 42.8 Å². The molecule has 1 heterocycles. The average Bonchev–Trinajstić information content (AvgIpc) is 2.47. The molecule has 1 N–H and O–H groups in total. The van der Waals surface area contributed by atoms with Gasteiger partial charge in [-0.2, -0.15) is 0 Å². The Morgan fingerprint density at radius 2 is 1.83 bits per heavy atom. The third kappa shape index (κ3) is 4.34. The van der Waals surface area contributed by atoms with Crippen LogP contribution in [0.15, 0.2) is 18.2 Å². The Morgan fingerprint density at radius 3 is 2.39 bits per heavy atom. The molecular formula is C18H31FN2OSi. The van der Waals surface area contributed by atoms with Crippen LogP contribution in [0.5, 0.6) is 0 Å². The molecule has 0 aliphatic carbocycles. The smallest absolute Gasteiger partial charge is 0.192 e. The molecule has 0 radical (unpaired) electrons. The lowest BCUT2D eigenvalue weighted by Crippen LogP contribution is -2.44. The highest BCUT2D eigenvalue weighted by atomic mass is 28.4. The lowest BCUT2D eigenvalue weighted by Gasteiger charge is -2.38. The number of rotatable bonds is 4. The first kappa shape index (κ1) is 18.4. The minimum absolute atomic E-state index is 0.0156. The van der Waals surface area contributed by atoms with E-state index < -0.39 is 8.32 Å². The van der Waals surface area contributed by atoms with Crippen molar-refractivity contribution in [2.75, 3.05) is 31.1 Å². The molecule has 1 aliphatic heterocycles. The molecule has 0 saturated carbocycles. The lowest BCUT2D eigenvalue weighted by molar-refractivity contribution is 0.203. The maximum atomic E-state index is 14.3. The van der Waals surface area contributed by atoms with Gasteiger partial charge in [0, 0.05) is 26.2 Å². The zero-order valence-corrected chi connectivity index (χ0v) is 16.4. The Kier molecular flexibility index (Phi) is 5.54. The molecule has 0 spiro atoms. The maximum Gasteiger partial charge on any atom is 0.192 e. The largest absolute Gasteiger partial charge is 0.410 e. The first-order valence-corrected chi connectivity index (χ1v) is 11.5.